The molecule has 0 radical (unpaired) electrons. The van der Waals surface area contributed by atoms with Crippen LogP contribution >= 0.6 is 15.9 Å². The van der Waals surface area contributed by atoms with Crippen LogP contribution in [0.1, 0.15) is 24.0 Å². The molecule has 2 aromatic rings. The molecule has 0 aliphatic heterocycles. The highest BCUT2D eigenvalue weighted by molar-refractivity contribution is 9.09. The van der Waals surface area contributed by atoms with Gasteiger partial charge in [-0.05, 0) is 17.5 Å². The van der Waals surface area contributed by atoms with Crippen molar-refractivity contribution in [1.29, 1.82) is 5.26 Å². The van der Waals surface area contributed by atoms with Crippen LogP contribution in [-0.2, 0) is 13.1 Å². The molecule has 0 saturated heterocycles. The van der Waals surface area contributed by atoms with Gasteiger partial charge in [0.1, 0.15) is 0 Å². The number of halogens is 1. The fourth-order valence-corrected chi connectivity index (χ4v) is 3.10. The van der Waals surface area contributed by atoms with Crippen molar-refractivity contribution in [3.05, 3.63) is 71.8 Å². The monoisotopic (exact) mass is 356 g/mol. The van der Waals surface area contributed by atoms with Crippen molar-refractivity contribution in [3.63, 3.8) is 0 Å². The lowest BCUT2D eigenvalue weighted by atomic mass is 10.1. The Labute approximate surface area is 141 Å². The zero-order chi connectivity index (χ0) is 15.6. The second-order valence-corrected chi connectivity index (χ2v) is 6.73. The first kappa shape index (κ1) is 16.7. The van der Waals surface area contributed by atoms with E-state index < -0.39 is 0 Å². The predicted molar refractivity (Wildman–Crippen MR) is 94.6 cm³/mol. The summed E-state index contributed by atoms with van der Waals surface area (Å²) in [5.74, 6) is 0. The van der Waals surface area contributed by atoms with Crippen molar-refractivity contribution in [2.75, 3.05) is 6.54 Å². The minimum absolute atomic E-state index is 0.347. The largest absolute Gasteiger partial charge is 0.294 e. The molecule has 0 fully saturated rings. The van der Waals surface area contributed by atoms with Crippen LogP contribution in [0.4, 0.5) is 0 Å². The quantitative estimate of drug-likeness (QED) is 0.637. The molecule has 0 aliphatic rings. The standard InChI is InChI=1S/C19H21BrN2/c20-19(12-7-13-21)16-22(14-17-8-3-1-4-9-17)15-18-10-5-2-6-11-18/h1-6,8-11,19H,7,12,14-16H2. The van der Waals surface area contributed by atoms with Crippen LogP contribution in [0.2, 0.25) is 0 Å². The van der Waals surface area contributed by atoms with Crippen LogP contribution in [0.25, 0.3) is 0 Å². The van der Waals surface area contributed by atoms with E-state index in [1.165, 1.54) is 11.1 Å². The molecule has 0 aromatic heterocycles. The molecule has 2 aromatic carbocycles. The zero-order valence-electron chi connectivity index (χ0n) is 12.7. The van der Waals surface area contributed by atoms with Crippen molar-refractivity contribution in [3.8, 4) is 6.07 Å². The van der Waals surface area contributed by atoms with Gasteiger partial charge in [-0.3, -0.25) is 4.90 Å². The maximum atomic E-state index is 8.74. The average molecular weight is 357 g/mol. The second kappa shape index (κ2) is 9.40. The summed E-state index contributed by atoms with van der Waals surface area (Å²) >= 11 is 3.71. The van der Waals surface area contributed by atoms with E-state index in [1.807, 2.05) is 12.1 Å². The van der Waals surface area contributed by atoms with E-state index in [4.69, 9.17) is 5.26 Å². The molecule has 1 atom stereocenters. The number of hydrogen-bond acceptors (Lipinski definition) is 2. The molecule has 3 heteroatoms. The first-order valence-electron chi connectivity index (χ1n) is 7.59. The van der Waals surface area contributed by atoms with E-state index in [1.54, 1.807) is 0 Å². The molecule has 0 bridgehead atoms. The van der Waals surface area contributed by atoms with Crippen LogP contribution in [0, 0.1) is 11.3 Å². The Morgan fingerprint density at radius 2 is 1.41 bits per heavy atom. The van der Waals surface area contributed by atoms with Crippen LogP contribution in [0.5, 0.6) is 0 Å². The van der Waals surface area contributed by atoms with Crippen molar-refractivity contribution < 1.29 is 0 Å². The Morgan fingerprint density at radius 1 is 0.909 bits per heavy atom. The van der Waals surface area contributed by atoms with Crippen LogP contribution in [0.15, 0.2) is 60.7 Å². The molecular formula is C19H21BrN2. The Kier molecular flexibility index (Phi) is 7.15. The lowest BCUT2D eigenvalue weighted by Crippen LogP contribution is -2.29. The minimum Gasteiger partial charge on any atom is -0.294 e. The highest BCUT2D eigenvalue weighted by Gasteiger charge is 2.12. The number of benzene rings is 2. The molecule has 2 rings (SSSR count). The van der Waals surface area contributed by atoms with Gasteiger partial charge in [-0.2, -0.15) is 5.26 Å². The average Bonchev–Trinajstić information content (AvgIpc) is 2.55. The summed E-state index contributed by atoms with van der Waals surface area (Å²) in [6.45, 7) is 2.78. The molecule has 0 N–H and O–H groups in total. The summed E-state index contributed by atoms with van der Waals surface area (Å²) < 4.78 is 0. The molecule has 2 nitrogen and oxygen atoms in total. The van der Waals surface area contributed by atoms with E-state index >= 15 is 0 Å². The fraction of sp³-hybridized carbons (Fsp3) is 0.316. The molecule has 0 amide bonds. The molecule has 0 saturated carbocycles. The first-order valence-corrected chi connectivity index (χ1v) is 8.50. The van der Waals surface area contributed by atoms with Gasteiger partial charge in [0.2, 0.25) is 0 Å². The molecule has 0 aliphatic carbocycles. The Morgan fingerprint density at radius 3 is 1.86 bits per heavy atom. The summed E-state index contributed by atoms with van der Waals surface area (Å²) in [6.07, 6.45) is 1.48. The van der Waals surface area contributed by atoms with Crippen molar-refractivity contribution in [2.24, 2.45) is 0 Å². The second-order valence-electron chi connectivity index (χ2n) is 5.43. The lowest BCUT2D eigenvalue weighted by molar-refractivity contribution is 0.256. The summed E-state index contributed by atoms with van der Waals surface area (Å²) in [6, 6.07) is 23.3. The number of hydrogen-bond donors (Lipinski definition) is 0. The van der Waals surface area contributed by atoms with Gasteiger partial charge in [0.25, 0.3) is 0 Å². The summed E-state index contributed by atoms with van der Waals surface area (Å²) in [5, 5.41) is 8.74. The van der Waals surface area contributed by atoms with Gasteiger partial charge >= 0.3 is 0 Å². The van der Waals surface area contributed by atoms with Crippen molar-refractivity contribution in [1.82, 2.24) is 4.90 Å². The number of nitrogens with zero attached hydrogens (tertiary/aromatic N) is 2. The van der Waals surface area contributed by atoms with Crippen LogP contribution in [-0.4, -0.2) is 16.3 Å². The van der Waals surface area contributed by atoms with Gasteiger partial charge in [0.05, 0.1) is 6.07 Å². The number of alkyl halides is 1. The van der Waals surface area contributed by atoms with Crippen LogP contribution < -0.4 is 0 Å². The zero-order valence-corrected chi connectivity index (χ0v) is 14.2. The Bertz CT molecular complexity index is 536. The third-order valence-corrected chi connectivity index (χ3v) is 4.27. The third kappa shape index (κ3) is 6.01. The molecule has 0 heterocycles. The molecular weight excluding hydrogens is 336 g/mol. The summed E-state index contributed by atoms with van der Waals surface area (Å²) in [7, 11) is 0. The van der Waals surface area contributed by atoms with E-state index in [-0.39, 0.29) is 0 Å². The van der Waals surface area contributed by atoms with Crippen molar-refractivity contribution >= 4 is 15.9 Å². The normalized spacial score (nSPS) is 12.0. The maximum Gasteiger partial charge on any atom is 0.0622 e. The Hall–Kier alpha value is -1.63. The lowest BCUT2D eigenvalue weighted by Gasteiger charge is -2.25. The van der Waals surface area contributed by atoms with Gasteiger partial charge in [0.15, 0.2) is 0 Å². The van der Waals surface area contributed by atoms with Gasteiger partial charge in [-0.15, -0.1) is 0 Å². The van der Waals surface area contributed by atoms with Crippen molar-refractivity contribution in [2.45, 2.75) is 30.8 Å². The number of rotatable bonds is 8. The van der Waals surface area contributed by atoms with E-state index in [9.17, 15) is 0 Å². The van der Waals surface area contributed by atoms with Gasteiger partial charge in [0, 0.05) is 30.9 Å². The van der Waals surface area contributed by atoms with Gasteiger partial charge in [-0.1, -0.05) is 76.6 Å². The maximum absolute atomic E-state index is 8.74. The van der Waals surface area contributed by atoms with E-state index in [2.05, 4.69) is 75.4 Å². The molecule has 22 heavy (non-hydrogen) atoms. The topological polar surface area (TPSA) is 27.0 Å². The highest BCUT2D eigenvalue weighted by atomic mass is 79.9. The summed E-state index contributed by atoms with van der Waals surface area (Å²) in [5.41, 5.74) is 2.64. The van der Waals surface area contributed by atoms with Crippen LogP contribution in [0.3, 0.4) is 0 Å². The smallest absolute Gasteiger partial charge is 0.0622 e. The minimum atomic E-state index is 0.347. The highest BCUT2D eigenvalue weighted by Crippen LogP contribution is 2.15. The molecule has 114 valence electrons. The third-order valence-electron chi connectivity index (χ3n) is 3.52. The number of nitriles is 1. The van der Waals surface area contributed by atoms with Gasteiger partial charge in [-0.25, -0.2) is 0 Å². The van der Waals surface area contributed by atoms with Gasteiger partial charge < -0.3 is 0 Å². The van der Waals surface area contributed by atoms with E-state index in [0.717, 1.165) is 26.1 Å². The Balaban J connectivity index is 2.01. The SMILES string of the molecule is N#CCCC(Br)CN(Cc1ccccc1)Cc1ccccc1. The van der Waals surface area contributed by atoms with E-state index in [0.29, 0.717) is 11.2 Å². The molecule has 1 unspecified atom stereocenters. The predicted octanol–water partition coefficient (Wildman–Crippen LogP) is 4.76. The molecule has 0 spiro atoms. The first-order chi connectivity index (χ1) is 10.8. The summed E-state index contributed by atoms with van der Waals surface area (Å²) in [4.78, 5) is 2.78. The fourth-order valence-electron chi connectivity index (χ4n) is 2.46.